The van der Waals surface area contributed by atoms with Crippen molar-refractivity contribution in [2.75, 3.05) is 13.7 Å². The molecular weight excluding hydrogens is 346 g/mol. The van der Waals surface area contributed by atoms with Gasteiger partial charge < -0.3 is 24.3 Å². The summed E-state index contributed by atoms with van der Waals surface area (Å²) in [4.78, 5) is 12.5. The van der Waals surface area contributed by atoms with E-state index >= 15 is 0 Å². The standard InChI is InChI=1S/C21H21NO5/c1-24-21-16(22-19(23)14-8-4-2-5-9-14)12-17-18(27-21)13-25-20(26-17)15-10-6-3-7-11-15/h2-12,16,18,20-21H,13H2,1H3,(H,22,23)/t16-,18+,20+,21-/m1/s1. The number of benzene rings is 2. The summed E-state index contributed by atoms with van der Waals surface area (Å²) in [5.41, 5.74) is 1.50. The third-order valence-corrected chi connectivity index (χ3v) is 4.53. The molecule has 6 nitrogen and oxygen atoms in total. The fourth-order valence-electron chi connectivity index (χ4n) is 3.16. The second-order valence-electron chi connectivity index (χ2n) is 6.36. The van der Waals surface area contributed by atoms with Gasteiger partial charge in [-0.25, -0.2) is 0 Å². The van der Waals surface area contributed by atoms with Crippen molar-refractivity contribution in [2.45, 2.75) is 24.7 Å². The van der Waals surface area contributed by atoms with Gasteiger partial charge >= 0.3 is 0 Å². The Hall–Kier alpha value is -2.67. The van der Waals surface area contributed by atoms with Crippen LogP contribution in [0.25, 0.3) is 0 Å². The van der Waals surface area contributed by atoms with Crippen LogP contribution in [-0.4, -0.2) is 38.1 Å². The second kappa shape index (κ2) is 7.92. The molecule has 1 saturated heterocycles. The molecule has 0 spiro atoms. The van der Waals surface area contributed by atoms with Crippen LogP contribution in [0.15, 0.2) is 72.5 Å². The Bertz CT molecular complexity index is 808. The molecule has 4 atom stereocenters. The Morgan fingerprint density at radius 3 is 2.48 bits per heavy atom. The number of hydrogen-bond acceptors (Lipinski definition) is 5. The zero-order chi connectivity index (χ0) is 18.6. The van der Waals surface area contributed by atoms with Crippen LogP contribution in [-0.2, 0) is 18.9 Å². The Balaban J connectivity index is 1.52. The Kier molecular flexibility index (Phi) is 5.20. The first-order valence-corrected chi connectivity index (χ1v) is 8.83. The van der Waals surface area contributed by atoms with Crippen LogP contribution in [0.2, 0.25) is 0 Å². The largest absolute Gasteiger partial charge is 0.462 e. The molecule has 2 aliphatic heterocycles. The lowest BCUT2D eigenvalue weighted by Crippen LogP contribution is -2.51. The molecule has 4 rings (SSSR count). The first kappa shape index (κ1) is 17.7. The minimum Gasteiger partial charge on any atom is -0.462 e. The molecule has 1 amide bonds. The van der Waals surface area contributed by atoms with Gasteiger partial charge in [0.25, 0.3) is 5.91 Å². The van der Waals surface area contributed by atoms with Crippen LogP contribution in [0.5, 0.6) is 0 Å². The lowest BCUT2D eigenvalue weighted by Gasteiger charge is -2.39. The highest BCUT2D eigenvalue weighted by Crippen LogP contribution is 2.33. The maximum atomic E-state index is 12.5. The highest BCUT2D eigenvalue weighted by atomic mass is 16.7. The van der Waals surface area contributed by atoms with Crippen molar-refractivity contribution in [1.29, 1.82) is 0 Å². The molecule has 2 aliphatic rings. The van der Waals surface area contributed by atoms with Crippen LogP contribution in [0.1, 0.15) is 22.2 Å². The van der Waals surface area contributed by atoms with Gasteiger partial charge in [-0.3, -0.25) is 4.79 Å². The van der Waals surface area contributed by atoms with Crippen LogP contribution in [0.3, 0.4) is 0 Å². The molecule has 2 aromatic rings. The summed E-state index contributed by atoms with van der Waals surface area (Å²) < 4.78 is 23.1. The minimum absolute atomic E-state index is 0.201. The van der Waals surface area contributed by atoms with Crippen LogP contribution >= 0.6 is 0 Å². The van der Waals surface area contributed by atoms with Crippen molar-refractivity contribution in [3.63, 3.8) is 0 Å². The zero-order valence-corrected chi connectivity index (χ0v) is 14.9. The Labute approximate surface area is 157 Å². The monoisotopic (exact) mass is 367 g/mol. The van der Waals surface area contributed by atoms with Crippen molar-refractivity contribution in [3.8, 4) is 0 Å². The van der Waals surface area contributed by atoms with Gasteiger partial charge in [0.2, 0.25) is 6.29 Å². The van der Waals surface area contributed by atoms with Gasteiger partial charge in [-0.1, -0.05) is 48.5 Å². The van der Waals surface area contributed by atoms with Gasteiger partial charge in [0.05, 0.1) is 6.61 Å². The molecule has 1 fully saturated rings. The lowest BCUT2D eigenvalue weighted by molar-refractivity contribution is -0.246. The van der Waals surface area contributed by atoms with E-state index in [1.165, 1.54) is 0 Å². The molecule has 2 heterocycles. The van der Waals surface area contributed by atoms with Gasteiger partial charge in [-0.15, -0.1) is 0 Å². The van der Waals surface area contributed by atoms with E-state index in [0.29, 0.717) is 17.9 Å². The summed E-state index contributed by atoms with van der Waals surface area (Å²) in [5, 5.41) is 2.94. The molecule has 27 heavy (non-hydrogen) atoms. The molecule has 1 N–H and O–H groups in total. The first-order chi connectivity index (χ1) is 13.2. The predicted octanol–water partition coefficient (Wildman–Crippen LogP) is 2.79. The molecule has 6 heteroatoms. The maximum absolute atomic E-state index is 12.5. The van der Waals surface area contributed by atoms with Crippen molar-refractivity contribution in [2.24, 2.45) is 0 Å². The summed E-state index contributed by atoms with van der Waals surface area (Å²) in [5.74, 6) is 0.440. The zero-order valence-electron chi connectivity index (χ0n) is 14.9. The molecule has 0 aliphatic carbocycles. The number of fused-ring (bicyclic) bond motifs is 1. The molecular formula is C21H21NO5. The van der Waals surface area contributed by atoms with Gasteiger partial charge in [0, 0.05) is 18.2 Å². The van der Waals surface area contributed by atoms with E-state index in [1.807, 2.05) is 54.6 Å². The van der Waals surface area contributed by atoms with E-state index in [-0.39, 0.29) is 12.0 Å². The average molecular weight is 367 g/mol. The fraction of sp³-hybridized carbons (Fsp3) is 0.286. The molecule has 140 valence electrons. The molecule has 0 radical (unpaired) electrons. The maximum Gasteiger partial charge on any atom is 0.251 e. The first-order valence-electron chi connectivity index (χ1n) is 8.83. The Morgan fingerprint density at radius 2 is 1.78 bits per heavy atom. The summed E-state index contributed by atoms with van der Waals surface area (Å²) in [6, 6.07) is 18.3. The van der Waals surface area contributed by atoms with E-state index in [4.69, 9.17) is 18.9 Å². The summed E-state index contributed by atoms with van der Waals surface area (Å²) in [6.07, 6.45) is 0.371. The van der Waals surface area contributed by atoms with E-state index in [0.717, 1.165) is 5.56 Å². The summed E-state index contributed by atoms with van der Waals surface area (Å²) >= 11 is 0. The number of ether oxygens (including phenoxy) is 4. The van der Waals surface area contributed by atoms with Crippen molar-refractivity contribution in [3.05, 3.63) is 83.6 Å². The predicted molar refractivity (Wildman–Crippen MR) is 97.7 cm³/mol. The second-order valence-corrected chi connectivity index (χ2v) is 6.36. The number of amides is 1. The number of rotatable bonds is 4. The molecule has 0 aromatic heterocycles. The number of methoxy groups -OCH3 is 1. The number of carbonyl (C=O) groups excluding carboxylic acids is 1. The van der Waals surface area contributed by atoms with Crippen LogP contribution in [0, 0.1) is 0 Å². The average Bonchev–Trinajstić information content (AvgIpc) is 2.74. The topological polar surface area (TPSA) is 66.0 Å². The lowest BCUT2D eigenvalue weighted by atomic mass is 10.1. The molecule has 2 aromatic carbocycles. The van der Waals surface area contributed by atoms with Gasteiger partial charge in [0.15, 0.2) is 6.29 Å². The van der Waals surface area contributed by atoms with E-state index in [1.54, 1.807) is 19.2 Å². The van der Waals surface area contributed by atoms with E-state index in [9.17, 15) is 4.79 Å². The quantitative estimate of drug-likeness (QED) is 0.900. The molecule has 0 saturated carbocycles. The number of hydrogen-bond donors (Lipinski definition) is 1. The van der Waals surface area contributed by atoms with Crippen LogP contribution < -0.4 is 5.32 Å². The van der Waals surface area contributed by atoms with E-state index in [2.05, 4.69) is 5.32 Å². The number of carbonyl (C=O) groups is 1. The third-order valence-electron chi connectivity index (χ3n) is 4.53. The minimum atomic E-state index is -0.619. The highest BCUT2D eigenvalue weighted by molar-refractivity contribution is 5.94. The molecule has 0 bridgehead atoms. The van der Waals surface area contributed by atoms with Gasteiger partial charge in [0.1, 0.15) is 17.9 Å². The van der Waals surface area contributed by atoms with Gasteiger partial charge in [-0.05, 0) is 18.2 Å². The third kappa shape index (κ3) is 3.88. The van der Waals surface area contributed by atoms with Crippen molar-refractivity contribution >= 4 is 5.91 Å². The highest BCUT2D eigenvalue weighted by Gasteiger charge is 2.38. The normalized spacial score (nSPS) is 27.1. The summed E-state index contributed by atoms with van der Waals surface area (Å²) in [7, 11) is 1.54. The SMILES string of the molecule is CO[C@@H]1O[C@H]2CO[C@H](c3ccccc3)OC2=C[C@H]1NC(=O)c1ccccc1. The fourth-order valence-corrected chi connectivity index (χ4v) is 3.16. The van der Waals surface area contributed by atoms with Crippen molar-refractivity contribution in [1.82, 2.24) is 5.32 Å². The van der Waals surface area contributed by atoms with Gasteiger partial charge in [-0.2, -0.15) is 0 Å². The van der Waals surface area contributed by atoms with E-state index < -0.39 is 18.6 Å². The number of nitrogens with one attached hydrogen (secondary N) is 1. The molecule has 0 unspecified atom stereocenters. The Morgan fingerprint density at radius 1 is 1.07 bits per heavy atom. The smallest absolute Gasteiger partial charge is 0.251 e. The van der Waals surface area contributed by atoms with Crippen LogP contribution in [0.4, 0.5) is 0 Å². The summed E-state index contributed by atoms with van der Waals surface area (Å²) in [6.45, 7) is 0.352. The van der Waals surface area contributed by atoms with Crippen molar-refractivity contribution < 1.29 is 23.7 Å².